The van der Waals surface area contributed by atoms with Crippen molar-refractivity contribution in [3.63, 3.8) is 0 Å². The van der Waals surface area contributed by atoms with Crippen molar-refractivity contribution in [1.29, 1.82) is 0 Å². The van der Waals surface area contributed by atoms with Gasteiger partial charge < -0.3 is 10.1 Å². The Hall–Kier alpha value is -0.800. The summed E-state index contributed by atoms with van der Waals surface area (Å²) in [5, 5.41) is 3.43. The highest BCUT2D eigenvalue weighted by molar-refractivity contribution is 6.30. The van der Waals surface area contributed by atoms with Crippen molar-refractivity contribution in [3.8, 4) is 0 Å². The Morgan fingerprint density at radius 3 is 2.77 bits per heavy atom. The first-order valence-electron chi connectivity index (χ1n) is 4.05. The molecule has 1 aliphatic heterocycles. The normalized spacial score (nSPS) is 16.8. The highest BCUT2D eigenvalue weighted by atomic mass is 35.5. The van der Waals surface area contributed by atoms with E-state index in [-0.39, 0.29) is 11.9 Å². The lowest BCUT2D eigenvalue weighted by atomic mass is 10.2. The molecule has 13 heavy (non-hydrogen) atoms. The molecule has 1 N–H and O–H groups in total. The average Bonchev–Trinajstić information content (AvgIpc) is 1.99. The van der Waals surface area contributed by atoms with Crippen LogP contribution in [0.1, 0.15) is 0 Å². The van der Waals surface area contributed by atoms with Gasteiger partial charge in [0.1, 0.15) is 5.82 Å². The van der Waals surface area contributed by atoms with E-state index >= 15 is 0 Å². The van der Waals surface area contributed by atoms with Crippen molar-refractivity contribution in [2.24, 2.45) is 0 Å². The van der Waals surface area contributed by atoms with Crippen LogP contribution in [0, 0.1) is 5.82 Å². The van der Waals surface area contributed by atoms with Crippen LogP contribution in [0.15, 0.2) is 18.2 Å². The molecule has 4 heteroatoms. The molecule has 0 aliphatic carbocycles. The number of benzene rings is 1. The minimum atomic E-state index is -0.320. The number of anilines is 1. The standard InChI is InChI=1S/C9H9ClFNO/c10-6-1-2-9(8(11)3-6)12-7-4-13-5-7/h1-3,7,12H,4-5H2. The van der Waals surface area contributed by atoms with E-state index in [9.17, 15) is 4.39 Å². The summed E-state index contributed by atoms with van der Waals surface area (Å²) < 4.78 is 18.1. The Bertz CT molecular complexity index is 314. The maximum atomic E-state index is 13.2. The fraction of sp³-hybridized carbons (Fsp3) is 0.333. The predicted octanol–water partition coefficient (Wildman–Crippen LogP) is 2.29. The first-order valence-corrected chi connectivity index (χ1v) is 4.43. The summed E-state index contributed by atoms with van der Waals surface area (Å²) in [5.41, 5.74) is 0.484. The zero-order valence-corrected chi connectivity index (χ0v) is 7.64. The van der Waals surface area contributed by atoms with E-state index in [1.807, 2.05) is 0 Å². The van der Waals surface area contributed by atoms with Gasteiger partial charge in [0.15, 0.2) is 0 Å². The minimum Gasteiger partial charge on any atom is -0.377 e. The van der Waals surface area contributed by atoms with Crippen LogP contribution in [0.3, 0.4) is 0 Å². The second-order valence-corrected chi connectivity index (χ2v) is 3.44. The van der Waals surface area contributed by atoms with E-state index < -0.39 is 0 Å². The van der Waals surface area contributed by atoms with Crippen molar-refractivity contribution in [1.82, 2.24) is 0 Å². The Labute approximate surface area is 80.7 Å². The summed E-state index contributed by atoms with van der Waals surface area (Å²) in [4.78, 5) is 0. The Balaban J connectivity index is 2.10. The molecule has 0 bridgehead atoms. The number of rotatable bonds is 2. The van der Waals surface area contributed by atoms with Crippen LogP contribution < -0.4 is 5.32 Å². The fourth-order valence-electron chi connectivity index (χ4n) is 1.15. The van der Waals surface area contributed by atoms with Gasteiger partial charge in [-0.3, -0.25) is 0 Å². The fourth-order valence-corrected chi connectivity index (χ4v) is 1.30. The maximum absolute atomic E-state index is 13.2. The number of halogens is 2. The molecule has 1 aromatic carbocycles. The van der Waals surface area contributed by atoms with Crippen molar-refractivity contribution >= 4 is 17.3 Å². The second kappa shape index (κ2) is 3.52. The highest BCUT2D eigenvalue weighted by Crippen LogP contribution is 2.20. The molecule has 0 aromatic heterocycles. The van der Waals surface area contributed by atoms with Gasteiger partial charge in [-0.15, -0.1) is 0 Å². The predicted molar refractivity (Wildman–Crippen MR) is 49.6 cm³/mol. The number of hydrogen-bond acceptors (Lipinski definition) is 2. The maximum Gasteiger partial charge on any atom is 0.147 e. The molecular formula is C9H9ClFNO. The van der Waals surface area contributed by atoms with Gasteiger partial charge >= 0.3 is 0 Å². The van der Waals surface area contributed by atoms with E-state index in [0.29, 0.717) is 23.9 Å². The third-order valence-corrected chi connectivity index (χ3v) is 2.16. The molecule has 1 saturated heterocycles. The smallest absolute Gasteiger partial charge is 0.147 e. The minimum absolute atomic E-state index is 0.232. The van der Waals surface area contributed by atoms with Gasteiger partial charge in [0.05, 0.1) is 24.9 Å². The summed E-state index contributed by atoms with van der Waals surface area (Å²) in [7, 11) is 0. The van der Waals surface area contributed by atoms with Crippen molar-refractivity contribution in [2.45, 2.75) is 6.04 Å². The van der Waals surface area contributed by atoms with Gasteiger partial charge in [0.2, 0.25) is 0 Å². The molecule has 1 fully saturated rings. The van der Waals surface area contributed by atoms with Crippen LogP contribution in [0.4, 0.5) is 10.1 Å². The lowest BCUT2D eigenvalue weighted by Gasteiger charge is -2.27. The zero-order chi connectivity index (χ0) is 9.26. The lowest BCUT2D eigenvalue weighted by molar-refractivity contribution is 0.0210. The topological polar surface area (TPSA) is 21.3 Å². The average molecular weight is 202 g/mol. The second-order valence-electron chi connectivity index (χ2n) is 3.00. The summed E-state index contributed by atoms with van der Waals surface area (Å²) >= 11 is 5.61. The summed E-state index contributed by atoms with van der Waals surface area (Å²) in [5.74, 6) is -0.320. The molecule has 0 unspecified atom stereocenters. The third kappa shape index (κ3) is 1.92. The lowest BCUT2D eigenvalue weighted by Crippen LogP contribution is -2.40. The third-order valence-electron chi connectivity index (χ3n) is 1.93. The first kappa shape index (κ1) is 8.78. The van der Waals surface area contributed by atoms with E-state index in [1.165, 1.54) is 6.07 Å². The Kier molecular flexibility index (Phi) is 2.38. The van der Waals surface area contributed by atoms with Gasteiger partial charge in [-0.1, -0.05) is 11.6 Å². The van der Waals surface area contributed by atoms with Gasteiger partial charge in [0.25, 0.3) is 0 Å². The highest BCUT2D eigenvalue weighted by Gasteiger charge is 2.18. The SMILES string of the molecule is Fc1cc(Cl)ccc1NC1COC1. The van der Waals surface area contributed by atoms with Crippen LogP contribution >= 0.6 is 11.6 Å². The van der Waals surface area contributed by atoms with Crippen LogP contribution in [-0.4, -0.2) is 19.3 Å². The van der Waals surface area contributed by atoms with Crippen molar-refractivity contribution < 1.29 is 9.13 Å². The van der Waals surface area contributed by atoms with Gasteiger partial charge in [0, 0.05) is 5.02 Å². The van der Waals surface area contributed by atoms with E-state index in [2.05, 4.69) is 5.32 Å². The molecule has 0 radical (unpaired) electrons. The van der Waals surface area contributed by atoms with Gasteiger partial charge in [-0.2, -0.15) is 0 Å². The molecule has 1 aliphatic rings. The summed E-state index contributed by atoms with van der Waals surface area (Å²) in [6.07, 6.45) is 0. The molecule has 0 saturated carbocycles. The molecule has 0 atom stereocenters. The molecule has 1 aromatic rings. The molecule has 2 rings (SSSR count). The molecule has 70 valence electrons. The zero-order valence-electron chi connectivity index (χ0n) is 6.89. The first-order chi connectivity index (χ1) is 6.25. The van der Waals surface area contributed by atoms with E-state index in [4.69, 9.17) is 16.3 Å². The van der Waals surface area contributed by atoms with E-state index in [0.717, 1.165) is 0 Å². The largest absolute Gasteiger partial charge is 0.377 e. The number of nitrogens with one attached hydrogen (secondary N) is 1. The Morgan fingerprint density at radius 2 is 2.23 bits per heavy atom. The number of hydrogen-bond donors (Lipinski definition) is 1. The van der Waals surface area contributed by atoms with Crippen LogP contribution in [-0.2, 0) is 4.74 Å². The Morgan fingerprint density at radius 1 is 1.46 bits per heavy atom. The van der Waals surface area contributed by atoms with Crippen LogP contribution in [0.25, 0.3) is 0 Å². The molecule has 2 nitrogen and oxygen atoms in total. The van der Waals surface area contributed by atoms with Crippen LogP contribution in [0.5, 0.6) is 0 Å². The summed E-state index contributed by atoms with van der Waals surface area (Å²) in [6.45, 7) is 1.28. The van der Waals surface area contributed by atoms with Crippen molar-refractivity contribution in [2.75, 3.05) is 18.5 Å². The van der Waals surface area contributed by atoms with Crippen molar-refractivity contribution in [3.05, 3.63) is 29.0 Å². The molecule has 1 heterocycles. The molecule has 0 amide bonds. The quantitative estimate of drug-likeness (QED) is 0.793. The molecular weight excluding hydrogens is 193 g/mol. The van der Waals surface area contributed by atoms with Crippen LogP contribution in [0.2, 0.25) is 5.02 Å². The van der Waals surface area contributed by atoms with Gasteiger partial charge in [-0.05, 0) is 18.2 Å². The van der Waals surface area contributed by atoms with Gasteiger partial charge in [-0.25, -0.2) is 4.39 Å². The summed E-state index contributed by atoms with van der Waals surface area (Å²) in [6, 6.07) is 4.82. The monoisotopic (exact) mass is 201 g/mol. The van der Waals surface area contributed by atoms with E-state index in [1.54, 1.807) is 12.1 Å². The number of ether oxygens (including phenoxy) is 1. The molecule has 0 spiro atoms.